The average molecular weight is 525 g/mol. The van der Waals surface area contributed by atoms with Crippen molar-refractivity contribution in [2.75, 3.05) is 18.4 Å². The van der Waals surface area contributed by atoms with E-state index in [2.05, 4.69) is 10.3 Å². The van der Waals surface area contributed by atoms with Gasteiger partial charge in [-0.05, 0) is 54.8 Å². The molecule has 3 N–H and O–H groups in total. The number of imidazole rings is 1. The SMILES string of the molecule is O=C(O)c1ccc(-c2cccc3c2[nH]c(=O)n3C2CCN(C(=O)Nc3ccc(Cl)c(Cl)c3)CC2)cc1. The summed E-state index contributed by atoms with van der Waals surface area (Å²) in [5, 5.41) is 12.8. The summed E-state index contributed by atoms with van der Waals surface area (Å²) in [6.45, 7) is 0.987. The van der Waals surface area contributed by atoms with Crippen LogP contribution in [0.3, 0.4) is 0 Å². The van der Waals surface area contributed by atoms with E-state index in [9.17, 15) is 14.4 Å². The van der Waals surface area contributed by atoms with Crippen LogP contribution >= 0.6 is 23.2 Å². The smallest absolute Gasteiger partial charge is 0.335 e. The second kappa shape index (κ2) is 9.72. The molecule has 0 spiro atoms. The van der Waals surface area contributed by atoms with E-state index < -0.39 is 5.97 Å². The number of halogens is 2. The maximum Gasteiger partial charge on any atom is 0.335 e. The van der Waals surface area contributed by atoms with Crippen LogP contribution in [-0.4, -0.2) is 44.6 Å². The zero-order valence-corrected chi connectivity index (χ0v) is 20.5. The van der Waals surface area contributed by atoms with Crippen molar-refractivity contribution in [3.8, 4) is 11.1 Å². The van der Waals surface area contributed by atoms with Crippen LogP contribution in [0.5, 0.6) is 0 Å². The Kier molecular flexibility index (Phi) is 6.47. The first kappa shape index (κ1) is 24.0. The van der Waals surface area contributed by atoms with Gasteiger partial charge in [-0.25, -0.2) is 14.4 Å². The molecule has 1 aliphatic rings. The Labute approximate surface area is 216 Å². The van der Waals surface area contributed by atoms with Gasteiger partial charge in [0.05, 0.1) is 26.6 Å². The number of carboxylic acid groups (broad SMARTS) is 1. The number of carbonyl (C=O) groups is 2. The first-order valence-corrected chi connectivity index (χ1v) is 12.2. The molecule has 2 amide bonds. The van der Waals surface area contributed by atoms with Gasteiger partial charge in [0, 0.05) is 30.4 Å². The van der Waals surface area contributed by atoms with Crippen LogP contribution in [0, 0.1) is 0 Å². The Morgan fingerprint density at radius 1 is 0.972 bits per heavy atom. The van der Waals surface area contributed by atoms with Gasteiger partial charge in [0.2, 0.25) is 0 Å². The molecule has 8 nitrogen and oxygen atoms in total. The largest absolute Gasteiger partial charge is 0.478 e. The molecule has 1 saturated heterocycles. The number of hydrogen-bond donors (Lipinski definition) is 3. The molecule has 184 valence electrons. The number of benzene rings is 3. The Bertz CT molecular complexity index is 1520. The second-order valence-corrected chi connectivity index (χ2v) is 9.47. The lowest BCUT2D eigenvalue weighted by Crippen LogP contribution is -2.42. The summed E-state index contributed by atoms with van der Waals surface area (Å²) in [5.41, 5.74) is 3.66. The van der Waals surface area contributed by atoms with Gasteiger partial charge in [-0.1, -0.05) is 47.5 Å². The highest BCUT2D eigenvalue weighted by atomic mass is 35.5. The predicted octanol–water partition coefficient (Wildman–Crippen LogP) is 5.87. The van der Waals surface area contributed by atoms with Crippen molar-refractivity contribution in [2.24, 2.45) is 0 Å². The Morgan fingerprint density at radius 3 is 2.36 bits per heavy atom. The van der Waals surface area contributed by atoms with Gasteiger partial charge in [0.1, 0.15) is 0 Å². The van der Waals surface area contributed by atoms with Crippen LogP contribution in [-0.2, 0) is 0 Å². The molecular formula is C26H22Cl2N4O4. The highest BCUT2D eigenvalue weighted by Gasteiger charge is 2.27. The van der Waals surface area contributed by atoms with E-state index >= 15 is 0 Å². The third kappa shape index (κ3) is 4.57. The fourth-order valence-electron chi connectivity index (χ4n) is 4.65. The van der Waals surface area contributed by atoms with Gasteiger partial charge < -0.3 is 20.3 Å². The molecule has 10 heteroatoms. The number of urea groups is 1. The van der Waals surface area contributed by atoms with Crippen LogP contribution in [0.4, 0.5) is 10.5 Å². The number of anilines is 1. The number of aromatic carboxylic acids is 1. The van der Waals surface area contributed by atoms with Crippen LogP contribution in [0.15, 0.2) is 65.5 Å². The van der Waals surface area contributed by atoms with Crippen LogP contribution < -0.4 is 11.0 Å². The topological polar surface area (TPSA) is 107 Å². The molecular weight excluding hydrogens is 503 g/mol. The van der Waals surface area contributed by atoms with Crippen molar-refractivity contribution in [3.63, 3.8) is 0 Å². The first-order valence-electron chi connectivity index (χ1n) is 11.4. The zero-order chi connectivity index (χ0) is 25.4. The van der Waals surface area contributed by atoms with Gasteiger partial charge in [-0.3, -0.25) is 4.57 Å². The third-order valence-electron chi connectivity index (χ3n) is 6.48. The van der Waals surface area contributed by atoms with Gasteiger partial charge in [-0.15, -0.1) is 0 Å². The molecule has 1 fully saturated rings. The summed E-state index contributed by atoms with van der Waals surface area (Å²) in [7, 11) is 0. The number of nitrogens with zero attached hydrogens (tertiary/aromatic N) is 2. The van der Waals surface area contributed by atoms with E-state index in [0.717, 1.165) is 16.6 Å². The molecule has 3 aromatic carbocycles. The maximum atomic E-state index is 13.0. The van der Waals surface area contributed by atoms with Gasteiger partial charge in [-0.2, -0.15) is 0 Å². The number of hydrogen-bond acceptors (Lipinski definition) is 3. The van der Waals surface area contributed by atoms with Gasteiger partial charge in [0.25, 0.3) is 0 Å². The molecule has 0 bridgehead atoms. The van der Waals surface area contributed by atoms with E-state index in [-0.39, 0.29) is 23.3 Å². The molecule has 5 rings (SSSR count). The van der Waals surface area contributed by atoms with Crippen molar-refractivity contribution < 1.29 is 14.7 Å². The number of fused-ring (bicyclic) bond motifs is 1. The Morgan fingerprint density at radius 2 is 1.69 bits per heavy atom. The molecule has 36 heavy (non-hydrogen) atoms. The number of piperidine rings is 1. The number of carboxylic acids is 1. The maximum absolute atomic E-state index is 13.0. The summed E-state index contributed by atoms with van der Waals surface area (Å²) < 4.78 is 1.76. The van der Waals surface area contributed by atoms with Crippen molar-refractivity contribution in [1.29, 1.82) is 0 Å². The number of likely N-dealkylation sites (tertiary alicyclic amines) is 1. The van der Waals surface area contributed by atoms with E-state index in [1.165, 1.54) is 0 Å². The summed E-state index contributed by atoms with van der Waals surface area (Å²) in [4.78, 5) is 41.6. The normalized spacial score (nSPS) is 14.2. The molecule has 0 radical (unpaired) electrons. The number of para-hydroxylation sites is 1. The molecule has 2 heterocycles. The highest BCUT2D eigenvalue weighted by Crippen LogP contribution is 2.31. The number of H-pyrrole nitrogens is 1. The van der Waals surface area contributed by atoms with Crippen LogP contribution in [0.25, 0.3) is 22.2 Å². The van der Waals surface area contributed by atoms with Crippen molar-refractivity contribution in [2.45, 2.75) is 18.9 Å². The number of aromatic amines is 1. The monoisotopic (exact) mass is 524 g/mol. The van der Waals surface area contributed by atoms with Crippen molar-refractivity contribution >= 4 is 51.9 Å². The molecule has 0 aliphatic carbocycles. The summed E-state index contributed by atoms with van der Waals surface area (Å²) >= 11 is 12.0. The molecule has 0 unspecified atom stereocenters. The fraction of sp³-hybridized carbons (Fsp3) is 0.192. The van der Waals surface area contributed by atoms with E-state index in [1.807, 2.05) is 18.2 Å². The fourth-order valence-corrected chi connectivity index (χ4v) is 4.95. The number of nitrogens with one attached hydrogen (secondary N) is 2. The Balaban J connectivity index is 1.34. The molecule has 4 aromatic rings. The van der Waals surface area contributed by atoms with Gasteiger partial charge in [0.15, 0.2) is 0 Å². The lowest BCUT2D eigenvalue weighted by atomic mass is 10.0. The first-order chi connectivity index (χ1) is 17.3. The highest BCUT2D eigenvalue weighted by molar-refractivity contribution is 6.42. The zero-order valence-electron chi connectivity index (χ0n) is 19.0. The number of rotatable bonds is 4. The van der Waals surface area contributed by atoms with Crippen LogP contribution in [0.2, 0.25) is 10.0 Å². The molecule has 1 aromatic heterocycles. The minimum absolute atomic E-state index is 0.0649. The standard InChI is InChI=1S/C26H22Cl2N4O4/c27-20-9-8-17(14-21(20)28)29-25(35)31-12-10-18(11-13-31)32-22-3-1-2-19(23(22)30-26(32)36)15-4-6-16(7-5-15)24(33)34/h1-9,14,18H,10-13H2,(H,29,35)(H,30,36)(H,33,34). The van der Waals surface area contributed by atoms with Gasteiger partial charge >= 0.3 is 17.7 Å². The Hall–Kier alpha value is -3.75. The minimum Gasteiger partial charge on any atom is -0.478 e. The minimum atomic E-state index is -0.990. The third-order valence-corrected chi connectivity index (χ3v) is 7.22. The average Bonchev–Trinajstić information content (AvgIpc) is 3.22. The summed E-state index contributed by atoms with van der Waals surface area (Å²) in [5.74, 6) is -0.990. The van der Waals surface area contributed by atoms with E-state index in [1.54, 1.807) is 51.9 Å². The summed E-state index contributed by atoms with van der Waals surface area (Å²) in [6.07, 6.45) is 1.25. The lowest BCUT2D eigenvalue weighted by molar-refractivity contribution is 0.0697. The van der Waals surface area contributed by atoms with Crippen molar-refractivity contribution in [1.82, 2.24) is 14.5 Å². The lowest BCUT2D eigenvalue weighted by Gasteiger charge is -2.32. The van der Waals surface area contributed by atoms with E-state index in [0.29, 0.717) is 47.2 Å². The predicted molar refractivity (Wildman–Crippen MR) is 140 cm³/mol. The number of carbonyl (C=O) groups excluding carboxylic acids is 1. The van der Waals surface area contributed by atoms with Crippen molar-refractivity contribution in [3.05, 3.63) is 86.8 Å². The van der Waals surface area contributed by atoms with E-state index in [4.69, 9.17) is 28.3 Å². The second-order valence-electron chi connectivity index (χ2n) is 8.66. The number of amides is 2. The molecule has 0 saturated carbocycles. The molecule has 0 atom stereocenters. The number of aromatic nitrogens is 2. The quantitative estimate of drug-likeness (QED) is 0.310. The molecule has 1 aliphatic heterocycles. The van der Waals surface area contributed by atoms with Crippen LogP contribution in [0.1, 0.15) is 29.2 Å². The summed E-state index contributed by atoms with van der Waals surface area (Å²) in [6, 6.07) is 16.9.